The van der Waals surface area contributed by atoms with Crippen LogP contribution in [0.2, 0.25) is 0 Å². The van der Waals surface area contributed by atoms with Crippen molar-refractivity contribution in [3.05, 3.63) is 34.7 Å². The lowest BCUT2D eigenvalue weighted by atomic mass is 10.1. The summed E-state index contributed by atoms with van der Waals surface area (Å²) in [6.07, 6.45) is 1.21. The maximum absolute atomic E-state index is 2.28. The topological polar surface area (TPSA) is 0 Å². The van der Waals surface area contributed by atoms with E-state index in [0.717, 1.165) is 5.92 Å². The molecule has 1 aromatic carbocycles. The largest absolute Gasteiger partial charge is 0.140 e. The average molecular weight is 204 g/mol. The van der Waals surface area contributed by atoms with Gasteiger partial charge >= 0.3 is 0 Å². The molecule has 0 saturated heterocycles. The number of rotatable bonds is 2. The lowest BCUT2D eigenvalue weighted by molar-refractivity contribution is 0.652. The number of fused-ring (bicyclic) bond motifs is 1. The van der Waals surface area contributed by atoms with Crippen molar-refractivity contribution in [1.82, 2.24) is 0 Å². The molecule has 14 heavy (non-hydrogen) atoms. The van der Waals surface area contributed by atoms with Gasteiger partial charge in [0.25, 0.3) is 0 Å². The Kier molecular flexibility index (Phi) is 2.60. The van der Waals surface area contributed by atoms with Gasteiger partial charge in [-0.15, -0.1) is 11.3 Å². The molecule has 0 amide bonds. The fraction of sp³-hybridized carbons (Fsp3) is 0.385. The van der Waals surface area contributed by atoms with Crippen LogP contribution in [0.5, 0.6) is 0 Å². The second-order valence-corrected chi connectivity index (χ2v) is 5.38. The first-order valence-electron chi connectivity index (χ1n) is 5.15. The van der Waals surface area contributed by atoms with Crippen molar-refractivity contribution in [1.29, 1.82) is 0 Å². The van der Waals surface area contributed by atoms with Gasteiger partial charge in [0.15, 0.2) is 0 Å². The highest BCUT2D eigenvalue weighted by Gasteiger charge is 2.08. The Balaban J connectivity index is 2.51. The maximum Gasteiger partial charge on any atom is 0.0348 e. The van der Waals surface area contributed by atoms with Crippen LogP contribution >= 0.6 is 11.3 Å². The van der Waals surface area contributed by atoms with Gasteiger partial charge in [0.05, 0.1) is 0 Å². The van der Waals surface area contributed by atoms with Crippen molar-refractivity contribution in [3.8, 4) is 0 Å². The van der Waals surface area contributed by atoms with E-state index in [-0.39, 0.29) is 0 Å². The number of aryl methyl sites for hydroxylation is 1. The summed E-state index contributed by atoms with van der Waals surface area (Å²) >= 11 is 1.95. The van der Waals surface area contributed by atoms with Crippen molar-refractivity contribution in [2.24, 2.45) is 5.92 Å². The molecule has 74 valence electrons. The van der Waals surface area contributed by atoms with Crippen LogP contribution in [0.3, 0.4) is 0 Å². The van der Waals surface area contributed by atoms with Crippen LogP contribution in [0, 0.1) is 12.8 Å². The first kappa shape index (κ1) is 9.72. The monoisotopic (exact) mass is 204 g/mol. The van der Waals surface area contributed by atoms with E-state index in [1.165, 1.54) is 22.1 Å². The predicted molar refractivity (Wildman–Crippen MR) is 65.1 cm³/mol. The Morgan fingerprint density at radius 3 is 2.57 bits per heavy atom. The quantitative estimate of drug-likeness (QED) is 0.680. The molecule has 1 heterocycles. The van der Waals surface area contributed by atoms with E-state index in [1.807, 2.05) is 11.3 Å². The fourth-order valence-corrected chi connectivity index (χ4v) is 3.21. The summed E-state index contributed by atoms with van der Waals surface area (Å²) in [7, 11) is 0. The highest BCUT2D eigenvalue weighted by atomic mass is 32.1. The van der Waals surface area contributed by atoms with Gasteiger partial charge in [0, 0.05) is 9.58 Å². The molecule has 0 N–H and O–H groups in total. The van der Waals surface area contributed by atoms with E-state index >= 15 is 0 Å². The van der Waals surface area contributed by atoms with Gasteiger partial charge in [-0.1, -0.05) is 32.0 Å². The van der Waals surface area contributed by atoms with E-state index in [0.29, 0.717) is 0 Å². The van der Waals surface area contributed by atoms with Crippen LogP contribution in [0.15, 0.2) is 24.3 Å². The highest BCUT2D eigenvalue weighted by molar-refractivity contribution is 7.19. The van der Waals surface area contributed by atoms with E-state index in [1.54, 1.807) is 4.88 Å². The molecule has 2 rings (SSSR count). The molecule has 0 unspecified atom stereocenters. The predicted octanol–water partition coefficient (Wildman–Crippen LogP) is 4.41. The Morgan fingerprint density at radius 2 is 1.93 bits per heavy atom. The second kappa shape index (κ2) is 3.74. The Labute approximate surface area is 89.6 Å². The van der Waals surface area contributed by atoms with E-state index in [9.17, 15) is 0 Å². The van der Waals surface area contributed by atoms with Gasteiger partial charge in [-0.25, -0.2) is 0 Å². The minimum absolute atomic E-state index is 0.752. The Hall–Kier alpha value is -0.820. The zero-order chi connectivity index (χ0) is 10.1. The minimum Gasteiger partial charge on any atom is -0.140 e. The number of hydrogen-bond donors (Lipinski definition) is 0. The second-order valence-electron chi connectivity index (χ2n) is 4.24. The number of benzene rings is 1. The normalized spacial score (nSPS) is 11.4. The van der Waals surface area contributed by atoms with Crippen LogP contribution in [0.25, 0.3) is 10.1 Å². The van der Waals surface area contributed by atoms with Gasteiger partial charge in [0.2, 0.25) is 0 Å². The lowest BCUT2D eigenvalue weighted by Crippen LogP contribution is -1.92. The molecule has 0 aliphatic carbocycles. The molecule has 2 aromatic rings. The number of thiophene rings is 1. The molecular formula is C13H16S. The van der Waals surface area contributed by atoms with Crippen molar-refractivity contribution in [3.63, 3.8) is 0 Å². The van der Waals surface area contributed by atoms with E-state index in [2.05, 4.69) is 45.0 Å². The summed E-state index contributed by atoms with van der Waals surface area (Å²) < 4.78 is 1.43. The standard InChI is InChI=1S/C13H16S/c1-9(2)8-13-10(3)11-6-4-5-7-12(11)14-13/h4-7,9H,8H2,1-3H3. The van der Waals surface area contributed by atoms with Crippen LogP contribution in [0.4, 0.5) is 0 Å². The molecule has 0 atom stereocenters. The molecule has 0 radical (unpaired) electrons. The van der Waals surface area contributed by atoms with E-state index in [4.69, 9.17) is 0 Å². The van der Waals surface area contributed by atoms with Gasteiger partial charge in [-0.3, -0.25) is 0 Å². The van der Waals surface area contributed by atoms with Crippen LogP contribution in [-0.2, 0) is 6.42 Å². The van der Waals surface area contributed by atoms with Crippen molar-refractivity contribution < 1.29 is 0 Å². The smallest absolute Gasteiger partial charge is 0.0348 e. The molecule has 0 bridgehead atoms. The van der Waals surface area contributed by atoms with Crippen molar-refractivity contribution in [2.75, 3.05) is 0 Å². The minimum atomic E-state index is 0.752. The highest BCUT2D eigenvalue weighted by Crippen LogP contribution is 2.31. The van der Waals surface area contributed by atoms with Gasteiger partial charge in [-0.05, 0) is 36.3 Å². The molecular weight excluding hydrogens is 188 g/mol. The zero-order valence-electron chi connectivity index (χ0n) is 9.00. The summed E-state index contributed by atoms with van der Waals surface area (Å²) in [5, 5.41) is 1.44. The van der Waals surface area contributed by atoms with Crippen LogP contribution in [0.1, 0.15) is 24.3 Å². The van der Waals surface area contributed by atoms with E-state index < -0.39 is 0 Å². The molecule has 0 saturated carbocycles. The van der Waals surface area contributed by atoms with Crippen molar-refractivity contribution >= 4 is 21.4 Å². The summed E-state index contributed by atoms with van der Waals surface area (Å²) in [6.45, 7) is 6.81. The van der Waals surface area contributed by atoms with Crippen LogP contribution in [-0.4, -0.2) is 0 Å². The third-order valence-corrected chi connectivity index (χ3v) is 3.83. The maximum atomic E-state index is 2.28. The number of hydrogen-bond acceptors (Lipinski definition) is 1. The lowest BCUT2D eigenvalue weighted by Gasteiger charge is -2.02. The molecule has 0 nitrogen and oxygen atoms in total. The molecule has 0 aliphatic heterocycles. The molecule has 0 fully saturated rings. The summed E-state index contributed by atoms with van der Waals surface area (Å²) in [5.74, 6) is 0.752. The van der Waals surface area contributed by atoms with Gasteiger partial charge in [-0.2, -0.15) is 0 Å². The molecule has 1 heteroatoms. The average Bonchev–Trinajstić information content (AvgIpc) is 2.44. The van der Waals surface area contributed by atoms with Gasteiger partial charge in [0.1, 0.15) is 0 Å². The molecule has 0 aliphatic rings. The molecule has 1 aromatic heterocycles. The summed E-state index contributed by atoms with van der Waals surface area (Å²) in [6, 6.07) is 8.69. The zero-order valence-corrected chi connectivity index (χ0v) is 9.82. The van der Waals surface area contributed by atoms with Crippen molar-refractivity contribution in [2.45, 2.75) is 27.2 Å². The third kappa shape index (κ3) is 1.69. The van der Waals surface area contributed by atoms with Gasteiger partial charge < -0.3 is 0 Å². The van der Waals surface area contributed by atoms with Crippen LogP contribution < -0.4 is 0 Å². The first-order valence-corrected chi connectivity index (χ1v) is 5.97. The Morgan fingerprint density at radius 1 is 1.21 bits per heavy atom. The Bertz CT molecular complexity index is 437. The summed E-state index contributed by atoms with van der Waals surface area (Å²) in [4.78, 5) is 1.56. The summed E-state index contributed by atoms with van der Waals surface area (Å²) in [5.41, 5.74) is 1.49. The molecule has 0 spiro atoms. The fourth-order valence-electron chi connectivity index (χ4n) is 1.79. The SMILES string of the molecule is Cc1c(CC(C)C)sc2ccccc12. The third-order valence-electron chi connectivity index (χ3n) is 2.54. The first-order chi connectivity index (χ1) is 6.68.